The van der Waals surface area contributed by atoms with Gasteiger partial charge in [-0.05, 0) is 42.8 Å². The van der Waals surface area contributed by atoms with Crippen LogP contribution >= 0.6 is 22.9 Å². The van der Waals surface area contributed by atoms with Crippen molar-refractivity contribution in [3.63, 3.8) is 0 Å². The molecule has 3 rings (SSSR count). The number of aryl methyl sites for hydroxylation is 1. The van der Waals surface area contributed by atoms with Crippen molar-refractivity contribution in [3.8, 4) is 5.88 Å². The van der Waals surface area contributed by atoms with Crippen molar-refractivity contribution in [2.75, 3.05) is 10.6 Å². The molecule has 1 heterocycles. The highest BCUT2D eigenvalue weighted by atomic mass is 35.5. The molecule has 0 radical (unpaired) electrons. The van der Waals surface area contributed by atoms with Crippen molar-refractivity contribution >= 4 is 45.4 Å². The van der Waals surface area contributed by atoms with Crippen molar-refractivity contribution < 1.29 is 14.6 Å². The van der Waals surface area contributed by atoms with Crippen molar-refractivity contribution in [1.82, 2.24) is 4.98 Å². The van der Waals surface area contributed by atoms with Gasteiger partial charge >= 0.3 is 6.09 Å². The summed E-state index contributed by atoms with van der Waals surface area (Å²) in [7, 11) is 0. The summed E-state index contributed by atoms with van der Waals surface area (Å²) in [5.74, 6) is 0.182. The molecule has 26 heavy (non-hydrogen) atoms. The lowest BCUT2D eigenvalue weighted by atomic mass is 10.2. The van der Waals surface area contributed by atoms with E-state index in [1.54, 1.807) is 24.3 Å². The maximum atomic E-state index is 12.1. The molecular weight excluding hydrogens is 374 g/mol. The number of rotatable bonds is 5. The predicted molar refractivity (Wildman–Crippen MR) is 104 cm³/mol. The van der Waals surface area contributed by atoms with Crippen LogP contribution in [-0.2, 0) is 6.61 Å². The van der Waals surface area contributed by atoms with Gasteiger partial charge in [0.15, 0.2) is 5.00 Å². The third-order valence-corrected chi connectivity index (χ3v) is 4.43. The third kappa shape index (κ3) is 4.72. The van der Waals surface area contributed by atoms with Crippen molar-refractivity contribution in [1.29, 1.82) is 0 Å². The number of benzene rings is 2. The van der Waals surface area contributed by atoms with E-state index >= 15 is 0 Å². The van der Waals surface area contributed by atoms with Crippen LogP contribution in [-0.4, -0.2) is 16.2 Å². The zero-order valence-electron chi connectivity index (χ0n) is 13.8. The lowest BCUT2D eigenvalue weighted by Gasteiger charge is -2.09. The summed E-state index contributed by atoms with van der Waals surface area (Å²) in [5, 5.41) is 16.9. The molecule has 0 aliphatic heterocycles. The van der Waals surface area contributed by atoms with E-state index in [4.69, 9.17) is 16.3 Å². The van der Waals surface area contributed by atoms with Crippen LogP contribution < -0.4 is 15.4 Å². The minimum absolute atomic E-state index is 0.0529. The highest BCUT2D eigenvalue weighted by Gasteiger charge is 2.15. The van der Waals surface area contributed by atoms with Crippen molar-refractivity contribution in [2.24, 2.45) is 0 Å². The second-order valence-corrected chi connectivity index (χ2v) is 7.02. The fraction of sp³-hybridized carbons (Fsp3) is 0.111. The number of nitrogens with zero attached hydrogens (tertiary/aromatic N) is 1. The van der Waals surface area contributed by atoms with Gasteiger partial charge in [0, 0.05) is 16.4 Å². The molecule has 2 aromatic carbocycles. The highest BCUT2D eigenvalue weighted by Crippen LogP contribution is 2.34. The van der Waals surface area contributed by atoms with E-state index in [-0.39, 0.29) is 12.5 Å². The highest BCUT2D eigenvalue weighted by molar-refractivity contribution is 7.16. The Labute approximate surface area is 159 Å². The number of hydrogen-bond acceptors (Lipinski definition) is 6. The van der Waals surface area contributed by atoms with E-state index in [2.05, 4.69) is 15.6 Å². The summed E-state index contributed by atoms with van der Waals surface area (Å²) in [6.45, 7) is 1.77. The molecule has 3 aromatic rings. The van der Waals surface area contributed by atoms with Gasteiger partial charge in [0.2, 0.25) is 0 Å². The van der Waals surface area contributed by atoms with Crippen LogP contribution in [0.4, 0.5) is 21.2 Å². The van der Waals surface area contributed by atoms with Crippen molar-refractivity contribution in [3.05, 3.63) is 64.1 Å². The van der Waals surface area contributed by atoms with Gasteiger partial charge in [0.25, 0.3) is 5.88 Å². The normalized spacial score (nSPS) is 10.4. The summed E-state index contributed by atoms with van der Waals surface area (Å²) in [6.07, 6.45) is -0.662. The Morgan fingerprint density at radius 3 is 2.77 bits per heavy atom. The zero-order chi connectivity index (χ0) is 18.5. The maximum absolute atomic E-state index is 12.1. The summed E-state index contributed by atoms with van der Waals surface area (Å²) in [5.41, 5.74) is 2.07. The SMILES string of the molecule is Cc1nc(OC(=O)Nc2cccc(Cl)c2)c(Nc2cccc(CO)c2)s1. The molecule has 0 unspecified atom stereocenters. The molecular formula is C18H16ClN3O3S. The lowest BCUT2D eigenvalue weighted by Crippen LogP contribution is -2.17. The van der Waals surface area contributed by atoms with Gasteiger partial charge in [-0.2, -0.15) is 0 Å². The summed E-state index contributed by atoms with van der Waals surface area (Å²) >= 11 is 7.26. The number of aliphatic hydroxyl groups excluding tert-OH is 1. The predicted octanol–water partition coefficient (Wildman–Crippen LogP) is 4.95. The first-order valence-electron chi connectivity index (χ1n) is 7.72. The van der Waals surface area contributed by atoms with E-state index in [1.165, 1.54) is 11.3 Å². The van der Waals surface area contributed by atoms with Crippen LogP contribution in [0.5, 0.6) is 5.88 Å². The first-order valence-corrected chi connectivity index (χ1v) is 8.91. The smallest absolute Gasteiger partial charge is 0.392 e. The number of amides is 1. The Bertz CT molecular complexity index is 930. The quantitative estimate of drug-likeness (QED) is 0.575. The maximum Gasteiger partial charge on any atom is 0.418 e. The Hall–Kier alpha value is -2.61. The fourth-order valence-electron chi connectivity index (χ4n) is 2.23. The van der Waals surface area contributed by atoms with E-state index in [1.807, 2.05) is 31.2 Å². The number of nitrogens with one attached hydrogen (secondary N) is 2. The molecule has 1 amide bonds. The van der Waals surface area contributed by atoms with Crippen LogP contribution in [0.15, 0.2) is 48.5 Å². The Morgan fingerprint density at radius 1 is 1.23 bits per heavy atom. The standard InChI is InChI=1S/C18H16ClN3O3S/c1-11-20-16(25-18(24)22-15-7-3-5-13(19)9-15)17(26-11)21-14-6-2-4-12(8-14)10-23/h2-9,21,23H,10H2,1H3,(H,22,24). The second-order valence-electron chi connectivity index (χ2n) is 5.38. The number of hydrogen-bond donors (Lipinski definition) is 3. The number of thiazole rings is 1. The Kier molecular flexibility index (Phi) is 5.72. The largest absolute Gasteiger partial charge is 0.418 e. The topological polar surface area (TPSA) is 83.5 Å². The van der Waals surface area contributed by atoms with Crippen LogP contribution in [0.2, 0.25) is 5.02 Å². The van der Waals surface area contributed by atoms with Gasteiger partial charge < -0.3 is 15.2 Å². The number of carbonyl (C=O) groups is 1. The second kappa shape index (κ2) is 8.18. The summed E-state index contributed by atoms with van der Waals surface area (Å²) in [4.78, 5) is 16.4. The number of ether oxygens (including phenoxy) is 1. The monoisotopic (exact) mass is 389 g/mol. The van der Waals surface area contributed by atoms with E-state index in [0.29, 0.717) is 15.7 Å². The lowest BCUT2D eigenvalue weighted by molar-refractivity contribution is 0.214. The minimum Gasteiger partial charge on any atom is -0.392 e. The number of aromatic nitrogens is 1. The molecule has 134 valence electrons. The van der Waals surface area contributed by atoms with Gasteiger partial charge in [-0.3, -0.25) is 5.32 Å². The number of halogens is 1. The molecule has 0 spiro atoms. The molecule has 0 saturated heterocycles. The van der Waals surface area contributed by atoms with Gasteiger partial charge in [0.1, 0.15) is 0 Å². The average Bonchev–Trinajstić information content (AvgIpc) is 2.93. The number of carbonyl (C=O) groups excluding carboxylic acids is 1. The molecule has 0 aliphatic carbocycles. The summed E-state index contributed by atoms with van der Waals surface area (Å²) < 4.78 is 5.33. The average molecular weight is 390 g/mol. The number of aliphatic hydroxyl groups is 1. The molecule has 0 atom stereocenters. The zero-order valence-corrected chi connectivity index (χ0v) is 15.4. The first-order chi connectivity index (χ1) is 12.5. The summed E-state index contributed by atoms with van der Waals surface area (Å²) in [6, 6.07) is 14.1. The minimum atomic E-state index is -0.662. The molecule has 8 heteroatoms. The molecule has 6 nitrogen and oxygen atoms in total. The van der Waals surface area contributed by atoms with Crippen LogP contribution in [0.1, 0.15) is 10.6 Å². The van der Waals surface area contributed by atoms with Gasteiger partial charge in [0.05, 0.1) is 11.6 Å². The van der Waals surface area contributed by atoms with E-state index in [9.17, 15) is 9.90 Å². The fourth-order valence-corrected chi connectivity index (χ4v) is 3.19. The first kappa shape index (κ1) is 18.2. The molecule has 3 N–H and O–H groups in total. The van der Waals surface area contributed by atoms with Crippen LogP contribution in [0.3, 0.4) is 0 Å². The van der Waals surface area contributed by atoms with E-state index < -0.39 is 6.09 Å². The van der Waals surface area contributed by atoms with Gasteiger partial charge in [-0.15, -0.1) is 0 Å². The van der Waals surface area contributed by atoms with Crippen molar-refractivity contribution in [2.45, 2.75) is 13.5 Å². The molecule has 0 fully saturated rings. The van der Waals surface area contributed by atoms with Crippen LogP contribution in [0.25, 0.3) is 0 Å². The van der Waals surface area contributed by atoms with Gasteiger partial charge in [-0.1, -0.05) is 41.1 Å². The molecule has 0 bridgehead atoms. The molecule has 0 saturated carbocycles. The Morgan fingerprint density at radius 2 is 2.00 bits per heavy atom. The third-order valence-electron chi connectivity index (χ3n) is 3.33. The molecule has 1 aromatic heterocycles. The van der Waals surface area contributed by atoms with E-state index in [0.717, 1.165) is 16.3 Å². The van der Waals surface area contributed by atoms with Gasteiger partial charge in [-0.25, -0.2) is 9.78 Å². The van der Waals surface area contributed by atoms with Crippen LogP contribution in [0, 0.1) is 6.92 Å². The number of anilines is 3. The molecule has 0 aliphatic rings. The Balaban J connectivity index is 1.73.